The van der Waals surface area contributed by atoms with E-state index in [1.165, 1.54) is 0 Å². The summed E-state index contributed by atoms with van der Waals surface area (Å²) < 4.78 is 25.2. The van der Waals surface area contributed by atoms with Crippen molar-refractivity contribution >= 4 is 13.1 Å². The van der Waals surface area contributed by atoms with Crippen LogP contribution in [0.2, 0.25) is 0 Å². The highest BCUT2D eigenvalue weighted by molar-refractivity contribution is 6.53. The van der Waals surface area contributed by atoms with Crippen molar-refractivity contribution in [2.75, 3.05) is 0 Å². The fraction of sp³-hybridized carbons (Fsp3) is 0.750. The lowest BCUT2D eigenvalue weighted by Crippen LogP contribution is -2.41. The molecule has 0 aromatic heterocycles. The van der Waals surface area contributed by atoms with Crippen LogP contribution in [0.5, 0.6) is 0 Å². The van der Waals surface area contributed by atoms with Gasteiger partial charge in [0, 0.05) is 6.42 Å². The van der Waals surface area contributed by atoms with Crippen molar-refractivity contribution in [1.29, 1.82) is 0 Å². The normalized spacial score (nSPS) is 22.9. The summed E-state index contributed by atoms with van der Waals surface area (Å²) in [5.74, 6) is -0.948. The molecule has 0 aliphatic carbocycles. The quantitative estimate of drug-likeness (QED) is 0.787. The van der Waals surface area contributed by atoms with Gasteiger partial charge < -0.3 is 14.4 Å². The van der Waals surface area contributed by atoms with Crippen molar-refractivity contribution in [3.05, 3.63) is 11.3 Å². The predicted octanol–water partition coefficient (Wildman–Crippen LogP) is 2.73. The minimum Gasteiger partial charge on any atom is -0.481 e. The molecule has 1 saturated heterocycles. The van der Waals surface area contributed by atoms with Gasteiger partial charge in [0.2, 0.25) is 0 Å². The Labute approximate surface area is 107 Å². The summed E-state index contributed by atoms with van der Waals surface area (Å²) in [4.78, 5) is 10.4. The number of carboxylic acids is 1. The maximum Gasteiger partial charge on any atom is 0.525 e. The highest BCUT2D eigenvalue weighted by Crippen LogP contribution is 2.39. The Morgan fingerprint density at radius 1 is 1.17 bits per heavy atom. The Hall–Kier alpha value is -0.875. The van der Waals surface area contributed by atoms with Crippen molar-refractivity contribution in [3.8, 4) is 0 Å². The Morgan fingerprint density at radius 2 is 1.61 bits per heavy atom. The fourth-order valence-electron chi connectivity index (χ4n) is 1.56. The molecule has 6 heteroatoms. The number of carbonyl (C=O) groups is 1. The number of carboxylic acid groups (broad SMARTS) is 1. The molecule has 0 aromatic carbocycles. The summed E-state index contributed by atoms with van der Waals surface area (Å²) in [5, 5.41) is 8.57. The van der Waals surface area contributed by atoms with E-state index in [-0.39, 0.29) is 12.8 Å². The van der Waals surface area contributed by atoms with E-state index in [0.29, 0.717) is 5.57 Å². The zero-order valence-corrected chi connectivity index (χ0v) is 11.5. The number of hydrogen-bond acceptors (Lipinski definition) is 3. The van der Waals surface area contributed by atoms with Crippen LogP contribution < -0.4 is 0 Å². The SMILES string of the molecule is CC(CCC(=O)O)=C(F)B1OC(C)(C)C(C)(C)O1. The molecule has 1 aliphatic heterocycles. The predicted molar refractivity (Wildman–Crippen MR) is 66.8 cm³/mol. The summed E-state index contributed by atoms with van der Waals surface area (Å²) in [6.07, 6.45) is 0.0595. The highest BCUT2D eigenvalue weighted by Gasteiger charge is 2.53. The van der Waals surface area contributed by atoms with Gasteiger partial charge in [-0.25, -0.2) is 4.39 Å². The van der Waals surface area contributed by atoms with Crippen LogP contribution in [0.4, 0.5) is 4.39 Å². The van der Waals surface area contributed by atoms with Crippen LogP contribution in [0.3, 0.4) is 0 Å². The molecular formula is C12H20BFO4. The van der Waals surface area contributed by atoms with E-state index >= 15 is 0 Å². The van der Waals surface area contributed by atoms with Crippen LogP contribution in [0.25, 0.3) is 0 Å². The summed E-state index contributed by atoms with van der Waals surface area (Å²) in [7, 11) is -1.04. The molecule has 0 amide bonds. The molecule has 1 heterocycles. The molecule has 0 spiro atoms. The van der Waals surface area contributed by atoms with Gasteiger partial charge in [-0.2, -0.15) is 0 Å². The molecule has 4 nitrogen and oxygen atoms in total. The first-order chi connectivity index (χ1) is 8.07. The van der Waals surface area contributed by atoms with E-state index in [2.05, 4.69) is 0 Å². The van der Waals surface area contributed by atoms with Gasteiger partial charge in [0.25, 0.3) is 0 Å². The smallest absolute Gasteiger partial charge is 0.481 e. The zero-order valence-electron chi connectivity index (χ0n) is 11.5. The maximum absolute atomic E-state index is 14.1. The molecule has 1 fully saturated rings. The zero-order chi connectivity index (χ0) is 14.1. The third-order valence-corrected chi connectivity index (χ3v) is 3.58. The minimum atomic E-state index is -1.04. The van der Waals surface area contributed by atoms with Gasteiger partial charge in [-0.3, -0.25) is 4.79 Å². The molecule has 0 bridgehead atoms. The van der Waals surface area contributed by atoms with Gasteiger partial charge >= 0.3 is 13.1 Å². The second-order valence-corrected chi connectivity index (χ2v) is 5.61. The molecule has 0 atom stereocenters. The third-order valence-electron chi connectivity index (χ3n) is 3.58. The first-order valence-corrected chi connectivity index (χ1v) is 5.99. The maximum atomic E-state index is 14.1. The number of rotatable bonds is 4. The summed E-state index contributed by atoms with van der Waals surface area (Å²) in [6.45, 7) is 8.92. The lowest BCUT2D eigenvalue weighted by atomic mass is 9.84. The second-order valence-electron chi connectivity index (χ2n) is 5.61. The second kappa shape index (κ2) is 5.01. The number of halogens is 1. The number of hydrogen-bond donors (Lipinski definition) is 1. The molecular weight excluding hydrogens is 238 g/mol. The molecule has 102 valence electrons. The molecule has 0 aromatic rings. The molecule has 0 saturated carbocycles. The molecule has 1 N–H and O–H groups in total. The van der Waals surface area contributed by atoms with Crippen molar-refractivity contribution in [1.82, 2.24) is 0 Å². The van der Waals surface area contributed by atoms with Crippen LogP contribution >= 0.6 is 0 Å². The standard InChI is InChI=1S/C12H20BFO4/c1-8(6-7-9(15)16)10(14)13-17-11(2,3)12(4,5)18-13/h6-7H2,1-5H3,(H,15,16). The van der Waals surface area contributed by atoms with E-state index in [4.69, 9.17) is 14.4 Å². The lowest BCUT2D eigenvalue weighted by molar-refractivity contribution is -0.136. The Bertz CT molecular complexity index is 360. The Kier molecular flexibility index (Phi) is 4.23. The van der Waals surface area contributed by atoms with Gasteiger partial charge in [-0.1, -0.05) is 0 Å². The van der Waals surface area contributed by atoms with E-state index in [0.717, 1.165) is 0 Å². The molecule has 0 radical (unpaired) electrons. The Balaban J connectivity index is 2.77. The van der Waals surface area contributed by atoms with Crippen molar-refractivity contribution in [3.63, 3.8) is 0 Å². The average molecular weight is 258 g/mol. The van der Waals surface area contributed by atoms with Gasteiger partial charge in [-0.05, 0) is 46.6 Å². The van der Waals surface area contributed by atoms with Crippen LogP contribution in [-0.2, 0) is 14.1 Å². The van der Waals surface area contributed by atoms with Crippen LogP contribution in [0.15, 0.2) is 11.3 Å². The van der Waals surface area contributed by atoms with Crippen LogP contribution in [0.1, 0.15) is 47.5 Å². The molecule has 1 rings (SSSR count). The van der Waals surface area contributed by atoms with E-state index in [1.54, 1.807) is 6.92 Å². The van der Waals surface area contributed by atoms with Gasteiger partial charge in [-0.15, -0.1) is 0 Å². The largest absolute Gasteiger partial charge is 0.525 e. The van der Waals surface area contributed by atoms with Crippen molar-refractivity contribution in [2.24, 2.45) is 0 Å². The van der Waals surface area contributed by atoms with Crippen molar-refractivity contribution < 1.29 is 23.6 Å². The summed E-state index contributed by atoms with van der Waals surface area (Å²) in [5.41, 5.74) is -1.35. The fourth-order valence-corrected chi connectivity index (χ4v) is 1.56. The number of aliphatic carboxylic acids is 1. The minimum absolute atomic E-state index is 0.0985. The van der Waals surface area contributed by atoms with E-state index in [9.17, 15) is 9.18 Å². The molecule has 0 unspecified atom stereocenters. The average Bonchev–Trinajstić information content (AvgIpc) is 2.43. The first-order valence-electron chi connectivity index (χ1n) is 5.99. The number of allylic oxidation sites excluding steroid dienone is 1. The van der Waals surface area contributed by atoms with E-state index in [1.807, 2.05) is 27.7 Å². The highest BCUT2D eigenvalue weighted by atomic mass is 19.1. The summed E-state index contributed by atoms with van der Waals surface area (Å²) in [6, 6.07) is 0. The van der Waals surface area contributed by atoms with Gasteiger partial charge in [0.15, 0.2) is 0 Å². The molecule has 1 aliphatic rings. The van der Waals surface area contributed by atoms with Crippen LogP contribution in [0, 0.1) is 0 Å². The first kappa shape index (κ1) is 15.2. The van der Waals surface area contributed by atoms with Crippen molar-refractivity contribution in [2.45, 2.75) is 58.7 Å². The Morgan fingerprint density at radius 3 is 2.00 bits per heavy atom. The summed E-state index contributed by atoms with van der Waals surface area (Å²) >= 11 is 0. The topological polar surface area (TPSA) is 55.8 Å². The molecule has 18 heavy (non-hydrogen) atoms. The van der Waals surface area contributed by atoms with Gasteiger partial charge in [0.1, 0.15) is 5.73 Å². The van der Waals surface area contributed by atoms with Crippen LogP contribution in [-0.4, -0.2) is 29.4 Å². The third kappa shape index (κ3) is 3.11. The monoisotopic (exact) mass is 258 g/mol. The van der Waals surface area contributed by atoms with Gasteiger partial charge in [0.05, 0.1) is 11.2 Å². The lowest BCUT2D eigenvalue weighted by Gasteiger charge is -2.32. The van der Waals surface area contributed by atoms with E-state index < -0.39 is 30.0 Å².